The minimum absolute atomic E-state index is 0.556. The first kappa shape index (κ1) is 16.9. The molecule has 3 aromatic rings. The molecule has 2 heterocycles. The lowest BCUT2D eigenvalue weighted by atomic mass is 10.0. The van der Waals surface area contributed by atoms with E-state index >= 15 is 0 Å². The van der Waals surface area contributed by atoms with Crippen molar-refractivity contribution in [3.63, 3.8) is 0 Å². The minimum atomic E-state index is 0.556. The van der Waals surface area contributed by atoms with Crippen LogP contribution in [-0.4, -0.2) is 22.8 Å². The summed E-state index contributed by atoms with van der Waals surface area (Å²) < 4.78 is 8.08. The number of nitrogens with zero attached hydrogens (tertiary/aromatic N) is 1. The molecule has 3 nitrogen and oxygen atoms in total. The summed E-state index contributed by atoms with van der Waals surface area (Å²) in [6.07, 6.45) is 2.98. The van der Waals surface area contributed by atoms with Gasteiger partial charge in [-0.1, -0.05) is 48.5 Å². The van der Waals surface area contributed by atoms with Gasteiger partial charge in [-0.15, -0.1) is 0 Å². The number of hydrogen-bond donors (Lipinski definition) is 1. The second-order valence-electron chi connectivity index (χ2n) is 6.40. The van der Waals surface area contributed by atoms with Crippen LogP contribution in [0.2, 0.25) is 0 Å². The van der Waals surface area contributed by atoms with Crippen LogP contribution < -0.4 is 5.32 Å². The van der Waals surface area contributed by atoms with E-state index in [1.54, 1.807) is 0 Å². The van der Waals surface area contributed by atoms with Crippen LogP contribution in [-0.2, 0) is 17.7 Å². The van der Waals surface area contributed by atoms with Crippen LogP contribution >= 0.6 is 12.2 Å². The van der Waals surface area contributed by atoms with E-state index in [2.05, 4.69) is 64.5 Å². The Labute approximate surface area is 159 Å². The third-order valence-corrected chi connectivity index (χ3v) is 5.11. The molecule has 1 aliphatic rings. The monoisotopic (exact) mass is 362 g/mol. The first-order chi connectivity index (χ1) is 12.8. The van der Waals surface area contributed by atoms with Gasteiger partial charge < -0.3 is 14.6 Å². The number of hydrogen-bond acceptors (Lipinski definition) is 3. The van der Waals surface area contributed by atoms with Crippen LogP contribution in [0.3, 0.4) is 0 Å². The summed E-state index contributed by atoms with van der Waals surface area (Å²) in [6, 6.07) is 19.2. The Kier molecular flexibility index (Phi) is 4.76. The fraction of sp³-hybridized carbons (Fsp3) is 0.227. The van der Waals surface area contributed by atoms with E-state index in [0.29, 0.717) is 11.7 Å². The summed E-state index contributed by atoms with van der Waals surface area (Å²) in [6.45, 7) is 4.25. The maximum Gasteiger partial charge on any atom is 0.194 e. The van der Waals surface area contributed by atoms with Crippen molar-refractivity contribution < 1.29 is 4.74 Å². The Morgan fingerprint density at radius 3 is 2.69 bits per heavy atom. The second-order valence-corrected chi connectivity index (χ2v) is 6.77. The number of fused-ring (bicyclic) bond motifs is 3. The molecule has 132 valence electrons. The summed E-state index contributed by atoms with van der Waals surface area (Å²) in [5.74, 6) is 0. The number of ether oxygens (including phenoxy) is 1. The summed E-state index contributed by atoms with van der Waals surface area (Å²) in [4.78, 5) is 0. The van der Waals surface area contributed by atoms with Gasteiger partial charge in [0.2, 0.25) is 0 Å². The van der Waals surface area contributed by atoms with E-state index in [4.69, 9.17) is 17.0 Å². The molecule has 1 aromatic heterocycles. The highest BCUT2D eigenvalue weighted by molar-refractivity contribution is 7.81. The molecule has 1 aliphatic heterocycles. The van der Waals surface area contributed by atoms with E-state index in [9.17, 15) is 0 Å². The van der Waals surface area contributed by atoms with Gasteiger partial charge in [0.1, 0.15) is 0 Å². The molecule has 4 rings (SSSR count). The van der Waals surface area contributed by atoms with Gasteiger partial charge in [-0.3, -0.25) is 0 Å². The van der Waals surface area contributed by atoms with Crippen molar-refractivity contribution in [2.24, 2.45) is 0 Å². The average molecular weight is 362 g/mol. The molecule has 0 saturated carbocycles. The normalized spacial score (nSPS) is 13.5. The Bertz CT molecular complexity index is 972. The van der Waals surface area contributed by atoms with Crippen LogP contribution in [0.1, 0.15) is 23.7 Å². The predicted octanol–water partition coefficient (Wildman–Crippen LogP) is 4.54. The highest BCUT2D eigenvalue weighted by atomic mass is 32.1. The van der Waals surface area contributed by atoms with Crippen molar-refractivity contribution in [1.82, 2.24) is 9.88 Å². The molecule has 0 bridgehead atoms. The molecular formula is C22H22N2OS. The Balaban J connectivity index is 1.94. The number of nitrogens with one attached hydrogen (secondary N) is 1. The molecular weight excluding hydrogens is 340 g/mol. The maximum atomic E-state index is 5.70. The first-order valence-electron chi connectivity index (χ1n) is 9.04. The molecule has 0 spiro atoms. The van der Waals surface area contributed by atoms with Gasteiger partial charge in [-0.2, -0.15) is 0 Å². The molecule has 2 aromatic carbocycles. The standard InChI is InChI=1S/C22H22N2OS/c1-2-25-22(26)19-14-23-13-12-18-17-10-6-7-11-20(17)24(21(18)19)15-16-8-4-3-5-9-16/h3-11,14,23H,2,12-13,15H2,1H3. The maximum absolute atomic E-state index is 5.70. The van der Waals surface area contributed by atoms with Gasteiger partial charge in [0, 0.05) is 30.2 Å². The fourth-order valence-electron chi connectivity index (χ4n) is 3.67. The SMILES string of the molecule is CCOC(=S)C1=CNCCc2c1n(Cc1ccccc1)c1ccccc21. The summed E-state index contributed by atoms with van der Waals surface area (Å²) in [5, 5.41) is 5.24. The smallest absolute Gasteiger partial charge is 0.194 e. The number of thiocarbonyl (C=S) groups is 1. The van der Waals surface area contributed by atoms with E-state index < -0.39 is 0 Å². The van der Waals surface area contributed by atoms with Gasteiger partial charge in [-0.05, 0) is 42.8 Å². The minimum Gasteiger partial charge on any atom is -0.483 e. The van der Waals surface area contributed by atoms with Crippen LogP contribution in [0.25, 0.3) is 16.5 Å². The molecule has 0 fully saturated rings. The molecule has 26 heavy (non-hydrogen) atoms. The predicted molar refractivity (Wildman–Crippen MR) is 111 cm³/mol. The number of aromatic nitrogens is 1. The van der Waals surface area contributed by atoms with Gasteiger partial charge in [0.05, 0.1) is 17.9 Å². The zero-order chi connectivity index (χ0) is 17.9. The average Bonchev–Trinajstić information content (AvgIpc) is 2.82. The van der Waals surface area contributed by atoms with E-state index in [1.807, 2.05) is 13.1 Å². The van der Waals surface area contributed by atoms with E-state index in [-0.39, 0.29) is 0 Å². The summed E-state index contributed by atoms with van der Waals surface area (Å²) in [7, 11) is 0. The van der Waals surface area contributed by atoms with Crippen molar-refractivity contribution in [2.75, 3.05) is 13.2 Å². The van der Waals surface area contributed by atoms with E-state index in [0.717, 1.165) is 25.1 Å². The second kappa shape index (κ2) is 7.34. The zero-order valence-corrected chi connectivity index (χ0v) is 15.7. The van der Waals surface area contributed by atoms with Crippen molar-refractivity contribution in [2.45, 2.75) is 19.9 Å². The highest BCUT2D eigenvalue weighted by Gasteiger charge is 2.24. The summed E-state index contributed by atoms with van der Waals surface area (Å²) >= 11 is 5.59. The molecule has 1 N–H and O–H groups in total. The lowest BCUT2D eigenvalue weighted by Crippen LogP contribution is -2.12. The van der Waals surface area contributed by atoms with Crippen molar-refractivity contribution in [3.8, 4) is 0 Å². The molecule has 0 saturated heterocycles. The lowest BCUT2D eigenvalue weighted by molar-refractivity contribution is 0.340. The quantitative estimate of drug-likeness (QED) is 0.690. The summed E-state index contributed by atoms with van der Waals surface area (Å²) in [5.41, 5.74) is 6.01. The van der Waals surface area contributed by atoms with E-state index in [1.165, 1.54) is 27.7 Å². The molecule has 0 radical (unpaired) electrons. The number of benzene rings is 2. The fourth-order valence-corrected chi connectivity index (χ4v) is 3.94. The van der Waals surface area contributed by atoms with Gasteiger partial charge >= 0.3 is 0 Å². The lowest BCUT2D eigenvalue weighted by Gasteiger charge is -2.15. The number of rotatable bonds is 4. The zero-order valence-electron chi connectivity index (χ0n) is 14.9. The Morgan fingerprint density at radius 2 is 1.88 bits per heavy atom. The first-order valence-corrected chi connectivity index (χ1v) is 9.45. The molecule has 0 aliphatic carbocycles. The van der Waals surface area contributed by atoms with Gasteiger partial charge in [0.15, 0.2) is 5.05 Å². The Hall–Kier alpha value is -2.59. The molecule has 0 unspecified atom stereocenters. The van der Waals surface area contributed by atoms with Gasteiger partial charge in [0.25, 0.3) is 0 Å². The highest BCUT2D eigenvalue weighted by Crippen LogP contribution is 2.34. The van der Waals surface area contributed by atoms with Crippen molar-refractivity contribution >= 4 is 33.7 Å². The van der Waals surface area contributed by atoms with Crippen molar-refractivity contribution in [3.05, 3.63) is 77.6 Å². The van der Waals surface area contributed by atoms with Crippen LogP contribution in [0.4, 0.5) is 0 Å². The third kappa shape index (κ3) is 3.01. The number of para-hydroxylation sites is 1. The molecule has 0 atom stereocenters. The third-order valence-electron chi connectivity index (χ3n) is 4.78. The van der Waals surface area contributed by atoms with Crippen LogP contribution in [0.15, 0.2) is 60.8 Å². The Morgan fingerprint density at radius 1 is 1.12 bits per heavy atom. The van der Waals surface area contributed by atoms with Crippen LogP contribution in [0.5, 0.6) is 0 Å². The van der Waals surface area contributed by atoms with Crippen molar-refractivity contribution in [1.29, 1.82) is 0 Å². The van der Waals surface area contributed by atoms with Crippen LogP contribution in [0, 0.1) is 0 Å². The topological polar surface area (TPSA) is 26.2 Å². The molecule has 0 amide bonds. The molecule has 4 heteroatoms. The largest absolute Gasteiger partial charge is 0.483 e. The van der Waals surface area contributed by atoms with Gasteiger partial charge in [-0.25, -0.2) is 0 Å².